The Labute approximate surface area is 196 Å². The fraction of sp³-hybridized carbons (Fsp3) is 0.0909. The van der Waals surface area contributed by atoms with E-state index in [1.807, 2.05) is 12.1 Å². The zero-order valence-corrected chi connectivity index (χ0v) is 18.3. The van der Waals surface area contributed by atoms with Gasteiger partial charge >= 0.3 is 5.69 Å². The average Bonchev–Trinajstić information content (AvgIpc) is 3.52. The Bertz CT molecular complexity index is 1450. The highest BCUT2D eigenvalue weighted by molar-refractivity contribution is 8.00. The van der Waals surface area contributed by atoms with Gasteiger partial charge in [0.25, 0.3) is 0 Å². The molecule has 12 heteroatoms. The maximum atomic E-state index is 13.0. The number of carbonyl (C=O) groups excluding carboxylic acids is 1. The van der Waals surface area contributed by atoms with Crippen molar-refractivity contribution >= 4 is 23.4 Å². The molecule has 0 radical (unpaired) electrons. The van der Waals surface area contributed by atoms with Crippen LogP contribution in [0.25, 0.3) is 17.0 Å². The highest BCUT2D eigenvalue weighted by Gasteiger charge is 2.29. The summed E-state index contributed by atoms with van der Waals surface area (Å²) >= 11 is 0.886. The smallest absolute Gasteiger partial charge is 0.307 e. The lowest BCUT2D eigenvalue weighted by Crippen LogP contribution is -2.39. The molecule has 1 aromatic carbocycles. The molecule has 0 spiro atoms. The largest absolute Gasteiger partial charge is 0.539 e. The number of ketones is 1. The highest BCUT2D eigenvalue weighted by Crippen LogP contribution is 2.36. The molecule has 11 nitrogen and oxygen atoms in total. The van der Waals surface area contributed by atoms with Gasteiger partial charge in [0.2, 0.25) is 11.5 Å². The van der Waals surface area contributed by atoms with Gasteiger partial charge in [-0.2, -0.15) is 10.5 Å². The van der Waals surface area contributed by atoms with Gasteiger partial charge in [0.15, 0.2) is 5.95 Å². The maximum Gasteiger partial charge on any atom is 0.307 e. The van der Waals surface area contributed by atoms with Gasteiger partial charge in [-0.3, -0.25) is 4.79 Å². The second kappa shape index (κ2) is 9.36. The van der Waals surface area contributed by atoms with Gasteiger partial charge < -0.3 is 24.5 Å². The zero-order valence-electron chi connectivity index (χ0n) is 17.5. The summed E-state index contributed by atoms with van der Waals surface area (Å²) in [7, 11) is 1.51. The number of nitrogen functional groups attached to an aromatic ring is 1. The van der Waals surface area contributed by atoms with Crippen molar-refractivity contribution in [3.8, 4) is 40.8 Å². The van der Waals surface area contributed by atoms with Gasteiger partial charge in [0.1, 0.15) is 40.1 Å². The number of methoxy groups -OCH3 is 1. The number of ether oxygens (including phenoxy) is 1. The van der Waals surface area contributed by atoms with Gasteiger partial charge in [0.05, 0.1) is 35.5 Å². The van der Waals surface area contributed by atoms with Gasteiger partial charge in [-0.25, -0.2) is 4.98 Å². The second-order valence-electron chi connectivity index (χ2n) is 6.66. The summed E-state index contributed by atoms with van der Waals surface area (Å²) in [5.41, 5.74) is 6.24. The van der Waals surface area contributed by atoms with E-state index in [1.165, 1.54) is 13.4 Å². The van der Waals surface area contributed by atoms with Crippen LogP contribution < -0.4 is 20.3 Å². The lowest BCUT2D eigenvalue weighted by atomic mass is 10.0. The lowest BCUT2D eigenvalue weighted by molar-refractivity contribution is -0.672. The highest BCUT2D eigenvalue weighted by atomic mass is 32.2. The number of anilines is 1. The molecule has 34 heavy (non-hydrogen) atoms. The van der Waals surface area contributed by atoms with Crippen LogP contribution in [0, 0.1) is 22.7 Å². The standard InChI is InChI=1S/C22H14N6O5S/c1-31-13-6-4-12(5-7-13)28-19(22(30)33-27-28)16(29)11-34-21-15(10-24)18(17-3-2-8-32-17)14(9-23)20(25)26-21/h2-8H,11H2,1H3,(H2-,25,26,27,29,30). The van der Waals surface area contributed by atoms with Gasteiger partial charge in [0, 0.05) is 12.1 Å². The Kier molecular flexibility index (Phi) is 6.16. The first kappa shape index (κ1) is 22.4. The van der Waals surface area contributed by atoms with Crippen molar-refractivity contribution in [3.63, 3.8) is 0 Å². The molecule has 168 valence electrons. The van der Waals surface area contributed by atoms with Gasteiger partial charge in [-0.1, -0.05) is 11.8 Å². The van der Waals surface area contributed by atoms with E-state index in [0.29, 0.717) is 11.4 Å². The number of benzene rings is 1. The van der Waals surface area contributed by atoms with Crippen LogP contribution in [0.3, 0.4) is 0 Å². The van der Waals surface area contributed by atoms with Crippen molar-refractivity contribution in [2.45, 2.75) is 5.03 Å². The van der Waals surface area contributed by atoms with Crippen LogP contribution in [0.15, 0.2) is 56.6 Å². The predicted molar refractivity (Wildman–Crippen MR) is 115 cm³/mol. The van der Waals surface area contributed by atoms with Crippen LogP contribution in [0.4, 0.5) is 5.82 Å². The van der Waals surface area contributed by atoms with Crippen LogP contribution in [-0.4, -0.2) is 28.9 Å². The van der Waals surface area contributed by atoms with Gasteiger partial charge in [-0.05, 0) is 28.9 Å². The number of hydrogen-bond donors (Lipinski definition) is 1. The first-order valence-corrected chi connectivity index (χ1v) is 10.5. The molecule has 3 aromatic heterocycles. The van der Waals surface area contributed by atoms with Crippen molar-refractivity contribution in [1.29, 1.82) is 10.5 Å². The normalized spacial score (nSPS) is 10.4. The SMILES string of the molecule is COc1ccc(-[n+]2noc([O-])c2C(=O)CSc2nc(N)c(C#N)c(-c3ccco3)c2C#N)cc1. The molecule has 2 N–H and O–H groups in total. The quantitative estimate of drug-likeness (QED) is 0.235. The summed E-state index contributed by atoms with van der Waals surface area (Å²) in [6, 6.07) is 13.6. The Morgan fingerprint density at radius 1 is 1.24 bits per heavy atom. The number of nitriles is 2. The minimum Gasteiger partial charge on any atom is -0.539 e. The van der Waals surface area contributed by atoms with Crippen molar-refractivity contribution in [2.24, 2.45) is 0 Å². The van der Waals surface area contributed by atoms with E-state index in [4.69, 9.17) is 19.4 Å². The third-order valence-electron chi connectivity index (χ3n) is 4.71. The molecule has 0 bridgehead atoms. The fourth-order valence-corrected chi connectivity index (χ4v) is 4.01. The van der Waals surface area contributed by atoms with Crippen LogP contribution in [0.2, 0.25) is 0 Å². The van der Waals surface area contributed by atoms with E-state index in [0.717, 1.165) is 16.4 Å². The van der Waals surface area contributed by atoms with Crippen molar-refractivity contribution in [3.05, 3.63) is 59.5 Å². The molecule has 0 aliphatic heterocycles. The Balaban J connectivity index is 1.67. The number of thioether (sulfide) groups is 1. The first-order chi connectivity index (χ1) is 16.5. The number of carbonyl (C=O) groups is 1. The molecule has 0 aliphatic rings. The number of furan rings is 1. The first-order valence-electron chi connectivity index (χ1n) is 9.55. The molecule has 4 rings (SSSR count). The van der Waals surface area contributed by atoms with E-state index in [2.05, 4.69) is 10.3 Å². The third kappa shape index (κ3) is 4.01. The summed E-state index contributed by atoms with van der Waals surface area (Å²) in [4.78, 5) is 17.1. The van der Waals surface area contributed by atoms with Crippen molar-refractivity contribution < 1.29 is 28.3 Å². The van der Waals surface area contributed by atoms with Crippen LogP contribution in [0.1, 0.15) is 21.6 Å². The molecule has 0 atom stereocenters. The molecule has 4 aromatic rings. The minimum atomic E-state index is -0.912. The molecular weight excluding hydrogens is 460 g/mol. The Morgan fingerprint density at radius 2 is 1.97 bits per heavy atom. The topological polar surface area (TPSA) is 179 Å². The summed E-state index contributed by atoms with van der Waals surface area (Å²) in [5, 5.41) is 35.3. The summed E-state index contributed by atoms with van der Waals surface area (Å²) < 4.78 is 16.3. The number of rotatable bonds is 7. The minimum absolute atomic E-state index is 0.0135. The molecule has 0 aliphatic carbocycles. The van der Waals surface area contributed by atoms with Crippen LogP contribution >= 0.6 is 11.8 Å². The summed E-state index contributed by atoms with van der Waals surface area (Å²) in [5.74, 6) is -1.08. The molecule has 0 unspecified atom stereocenters. The number of nitrogens with zero attached hydrogens (tertiary/aromatic N) is 5. The lowest BCUT2D eigenvalue weighted by Gasteiger charge is -2.10. The third-order valence-corrected chi connectivity index (χ3v) is 5.69. The molecule has 0 fully saturated rings. The second-order valence-corrected chi connectivity index (χ2v) is 7.62. The van der Waals surface area contributed by atoms with E-state index < -0.39 is 11.7 Å². The van der Waals surface area contributed by atoms with E-state index in [-0.39, 0.29) is 44.7 Å². The fourth-order valence-electron chi connectivity index (χ4n) is 3.15. The van der Waals surface area contributed by atoms with Crippen LogP contribution in [0.5, 0.6) is 11.7 Å². The van der Waals surface area contributed by atoms with E-state index in [1.54, 1.807) is 36.4 Å². The number of Topliss-reactive ketones (excluding diaryl/α,β-unsaturated/α-hetero) is 1. The number of pyridine rings is 1. The number of nitrogens with two attached hydrogens (primary N) is 1. The van der Waals surface area contributed by atoms with Gasteiger partial charge in [-0.15, -0.1) is 0 Å². The molecule has 0 amide bonds. The maximum absolute atomic E-state index is 13.0. The van der Waals surface area contributed by atoms with Crippen molar-refractivity contribution in [2.75, 3.05) is 18.6 Å². The van der Waals surface area contributed by atoms with Crippen molar-refractivity contribution in [1.82, 2.24) is 10.3 Å². The molecular formula is C22H14N6O5S. The monoisotopic (exact) mass is 474 g/mol. The Hall–Kier alpha value is -4.81. The average molecular weight is 474 g/mol. The summed E-state index contributed by atoms with van der Waals surface area (Å²) in [6.07, 6.45) is 1.39. The zero-order chi connectivity index (χ0) is 24.2. The van der Waals surface area contributed by atoms with Crippen LogP contribution in [-0.2, 0) is 0 Å². The Morgan fingerprint density at radius 3 is 2.59 bits per heavy atom. The summed E-state index contributed by atoms with van der Waals surface area (Å²) in [6.45, 7) is 0. The number of aromatic nitrogens is 3. The van der Waals surface area contributed by atoms with E-state index >= 15 is 0 Å². The van der Waals surface area contributed by atoms with E-state index in [9.17, 15) is 20.4 Å². The predicted octanol–water partition coefficient (Wildman–Crippen LogP) is 1.99. The number of hydrogen-bond acceptors (Lipinski definition) is 11. The molecule has 0 saturated heterocycles. The molecule has 0 saturated carbocycles. The molecule has 3 heterocycles.